The third-order valence-corrected chi connectivity index (χ3v) is 7.02. The molecule has 2 amide bonds. The second-order valence-corrected chi connectivity index (χ2v) is 10.2. The first-order chi connectivity index (χ1) is 18.8. The number of nitrogens with zero attached hydrogens (tertiary/aromatic N) is 6. The standard InChI is InChI=1S/C26H25F2N7O3S/c1-34-8-3-9-35(23(36)14-34)21-11-16(17-10-19(24(27)28)29-13-20(17)38-2)18(12-30-21)25(37)31-26-33-32-22(39-26)7-6-15-4-5-15/h10-13,15,24H,3-5,8-9,14H2,1-2H3,(H,31,33,37). The molecule has 0 radical (unpaired) electrons. The molecule has 0 bridgehead atoms. The van der Waals surface area contributed by atoms with Crippen LogP contribution in [0.25, 0.3) is 11.1 Å². The zero-order valence-electron chi connectivity index (χ0n) is 21.3. The van der Waals surface area contributed by atoms with Gasteiger partial charge < -0.3 is 4.74 Å². The molecular weight excluding hydrogens is 528 g/mol. The van der Waals surface area contributed by atoms with Gasteiger partial charge in [0.25, 0.3) is 12.3 Å². The monoisotopic (exact) mass is 553 g/mol. The summed E-state index contributed by atoms with van der Waals surface area (Å²) in [6.07, 6.45) is 2.53. The molecule has 0 aromatic carbocycles. The van der Waals surface area contributed by atoms with Crippen molar-refractivity contribution in [3.8, 4) is 28.7 Å². The lowest BCUT2D eigenvalue weighted by atomic mass is 9.99. The molecule has 5 rings (SSSR count). The molecule has 1 N–H and O–H groups in total. The lowest BCUT2D eigenvalue weighted by Crippen LogP contribution is -2.36. The van der Waals surface area contributed by atoms with E-state index in [0.717, 1.165) is 37.1 Å². The summed E-state index contributed by atoms with van der Waals surface area (Å²) in [6.45, 7) is 1.36. The highest BCUT2D eigenvalue weighted by atomic mass is 32.1. The quantitative estimate of drug-likeness (QED) is 0.461. The summed E-state index contributed by atoms with van der Waals surface area (Å²) in [5, 5.41) is 11.4. The van der Waals surface area contributed by atoms with Crippen LogP contribution in [0.5, 0.6) is 5.75 Å². The van der Waals surface area contributed by atoms with Gasteiger partial charge in [0.1, 0.15) is 17.3 Å². The summed E-state index contributed by atoms with van der Waals surface area (Å²) in [5.41, 5.74) is 0.0567. The van der Waals surface area contributed by atoms with Crippen molar-refractivity contribution in [1.82, 2.24) is 25.1 Å². The van der Waals surface area contributed by atoms with Gasteiger partial charge in [-0.15, -0.1) is 10.2 Å². The van der Waals surface area contributed by atoms with Gasteiger partial charge >= 0.3 is 0 Å². The molecule has 0 atom stereocenters. The molecule has 1 saturated carbocycles. The van der Waals surface area contributed by atoms with Crippen LogP contribution < -0.4 is 15.0 Å². The topological polar surface area (TPSA) is 113 Å². The summed E-state index contributed by atoms with van der Waals surface area (Å²) in [5.74, 6) is 6.19. The molecule has 2 fully saturated rings. The van der Waals surface area contributed by atoms with Crippen molar-refractivity contribution >= 4 is 34.1 Å². The number of nitrogens with one attached hydrogen (secondary N) is 1. The minimum atomic E-state index is -2.84. The Balaban J connectivity index is 1.54. The maximum absolute atomic E-state index is 13.6. The predicted molar refractivity (Wildman–Crippen MR) is 141 cm³/mol. The molecule has 4 heterocycles. The molecule has 0 spiro atoms. The van der Waals surface area contributed by atoms with Gasteiger partial charge in [-0.05, 0) is 44.4 Å². The summed E-state index contributed by atoms with van der Waals surface area (Å²) < 4.78 is 32.6. The van der Waals surface area contributed by atoms with Gasteiger partial charge in [0.05, 0.1) is 25.4 Å². The van der Waals surface area contributed by atoms with Crippen molar-refractivity contribution in [3.63, 3.8) is 0 Å². The highest BCUT2D eigenvalue weighted by Crippen LogP contribution is 2.36. The molecule has 3 aromatic rings. The SMILES string of the molecule is COc1cnc(C(F)F)cc1-c1cc(N2CCCN(C)CC2=O)ncc1C(=O)Nc1nnc(C#CC2CC2)s1. The number of likely N-dealkylation sites (N-methyl/N-ethyl adjacent to an activating group) is 1. The number of aromatic nitrogens is 4. The average molecular weight is 554 g/mol. The summed E-state index contributed by atoms with van der Waals surface area (Å²) >= 11 is 1.13. The Hall–Kier alpha value is -4.02. The number of halogens is 2. The van der Waals surface area contributed by atoms with Gasteiger partial charge in [-0.1, -0.05) is 17.3 Å². The number of amides is 2. The van der Waals surface area contributed by atoms with Crippen LogP contribution in [0.1, 0.15) is 46.7 Å². The maximum atomic E-state index is 13.6. The van der Waals surface area contributed by atoms with Crippen molar-refractivity contribution < 1.29 is 23.1 Å². The minimum Gasteiger partial charge on any atom is -0.494 e. The number of alkyl halides is 2. The first-order valence-electron chi connectivity index (χ1n) is 12.3. The van der Waals surface area contributed by atoms with Crippen LogP contribution in [0.4, 0.5) is 19.7 Å². The zero-order chi connectivity index (χ0) is 27.5. The number of hydrogen-bond donors (Lipinski definition) is 1. The van der Waals surface area contributed by atoms with Crippen LogP contribution in [0.2, 0.25) is 0 Å². The van der Waals surface area contributed by atoms with Crippen LogP contribution in [0.3, 0.4) is 0 Å². The van der Waals surface area contributed by atoms with Crippen molar-refractivity contribution in [3.05, 3.63) is 40.8 Å². The van der Waals surface area contributed by atoms with Crippen LogP contribution in [-0.2, 0) is 4.79 Å². The summed E-state index contributed by atoms with van der Waals surface area (Å²) in [4.78, 5) is 38.0. The van der Waals surface area contributed by atoms with Crippen LogP contribution >= 0.6 is 11.3 Å². The summed E-state index contributed by atoms with van der Waals surface area (Å²) in [6, 6.07) is 2.71. The first-order valence-corrected chi connectivity index (χ1v) is 13.1. The van der Waals surface area contributed by atoms with E-state index in [1.54, 1.807) is 0 Å². The second kappa shape index (κ2) is 11.4. The minimum absolute atomic E-state index is 0.0728. The van der Waals surface area contributed by atoms with E-state index in [1.807, 2.05) is 11.9 Å². The number of carbonyl (C=O) groups is 2. The highest BCUT2D eigenvalue weighted by molar-refractivity contribution is 7.15. The van der Waals surface area contributed by atoms with E-state index >= 15 is 0 Å². The molecule has 1 aliphatic carbocycles. The van der Waals surface area contributed by atoms with E-state index in [0.29, 0.717) is 23.3 Å². The molecule has 202 valence electrons. The van der Waals surface area contributed by atoms with E-state index in [4.69, 9.17) is 4.74 Å². The molecule has 2 aliphatic rings. The Morgan fingerprint density at radius 3 is 2.74 bits per heavy atom. The molecule has 1 saturated heterocycles. The molecular formula is C26H25F2N7O3S. The van der Waals surface area contributed by atoms with Gasteiger partial charge in [-0.25, -0.2) is 13.8 Å². The van der Waals surface area contributed by atoms with Crippen molar-refractivity contribution in [1.29, 1.82) is 0 Å². The van der Waals surface area contributed by atoms with Crippen LogP contribution in [0.15, 0.2) is 24.5 Å². The Labute approximate surface area is 227 Å². The Kier molecular flexibility index (Phi) is 7.76. The lowest BCUT2D eigenvalue weighted by Gasteiger charge is -2.22. The van der Waals surface area contributed by atoms with E-state index < -0.39 is 18.0 Å². The number of methoxy groups -OCH3 is 1. The lowest BCUT2D eigenvalue weighted by molar-refractivity contribution is -0.118. The zero-order valence-corrected chi connectivity index (χ0v) is 22.1. The number of anilines is 2. The largest absolute Gasteiger partial charge is 0.494 e. The van der Waals surface area contributed by atoms with Crippen molar-refractivity contribution in [2.75, 3.05) is 44.0 Å². The number of carbonyl (C=O) groups excluding carboxylic acids is 2. The van der Waals surface area contributed by atoms with E-state index in [9.17, 15) is 18.4 Å². The van der Waals surface area contributed by atoms with Gasteiger partial charge in [0.15, 0.2) is 5.01 Å². The first kappa shape index (κ1) is 26.6. The van der Waals surface area contributed by atoms with Crippen molar-refractivity contribution in [2.24, 2.45) is 5.92 Å². The molecule has 13 heteroatoms. The average Bonchev–Trinajstić information content (AvgIpc) is 3.68. The number of pyridine rings is 2. The Bertz CT molecular complexity index is 1470. The Morgan fingerprint density at radius 1 is 1.18 bits per heavy atom. The van der Waals surface area contributed by atoms with Gasteiger partial charge in [-0.3, -0.25) is 29.7 Å². The second-order valence-electron chi connectivity index (χ2n) is 9.25. The number of rotatable bonds is 6. The fraction of sp³-hybridized carbons (Fsp3) is 0.385. The third-order valence-electron chi connectivity index (χ3n) is 6.27. The summed E-state index contributed by atoms with van der Waals surface area (Å²) in [7, 11) is 3.24. The fourth-order valence-electron chi connectivity index (χ4n) is 4.09. The number of ether oxygens (including phenoxy) is 1. The molecule has 10 nitrogen and oxygen atoms in total. The third kappa shape index (κ3) is 6.18. The normalized spacial score (nSPS) is 16.0. The predicted octanol–water partition coefficient (Wildman–Crippen LogP) is 3.62. The van der Waals surface area contributed by atoms with E-state index in [-0.39, 0.29) is 40.0 Å². The smallest absolute Gasteiger partial charge is 0.280 e. The van der Waals surface area contributed by atoms with Crippen LogP contribution in [0, 0.1) is 17.8 Å². The van der Waals surface area contributed by atoms with Gasteiger partial charge in [0.2, 0.25) is 11.0 Å². The van der Waals surface area contributed by atoms with Gasteiger partial charge in [0, 0.05) is 36.3 Å². The molecule has 0 unspecified atom stereocenters. The Morgan fingerprint density at radius 2 is 2.00 bits per heavy atom. The molecule has 39 heavy (non-hydrogen) atoms. The van der Waals surface area contributed by atoms with Gasteiger partial charge in [-0.2, -0.15) is 0 Å². The maximum Gasteiger partial charge on any atom is 0.280 e. The van der Waals surface area contributed by atoms with Crippen LogP contribution in [-0.4, -0.2) is 70.7 Å². The molecule has 3 aromatic heterocycles. The van der Waals surface area contributed by atoms with Crippen molar-refractivity contribution in [2.45, 2.75) is 25.7 Å². The highest BCUT2D eigenvalue weighted by Gasteiger charge is 2.26. The number of hydrogen-bond acceptors (Lipinski definition) is 9. The molecule has 1 aliphatic heterocycles. The van der Waals surface area contributed by atoms with E-state index in [1.165, 1.54) is 36.5 Å². The fourth-order valence-corrected chi connectivity index (χ4v) is 4.69. The van der Waals surface area contributed by atoms with E-state index in [2.05, 4.69) is 37.3 Å².